The fourth-order valence-corrected chi connectivity index (χ4v) is 3.40. The molecule has 0 spiro atoms. The lowest BCUT2D eigenvalue weighted by atomic mass is 10.0. The van der Waals surface area contributed by atoms with E-state index in [1.54, 1.807) is 31.4 Å². The van der Waals surface area contributed by atoms with Crippen molar-refractivity contribution in [1.29, 1.82) is 5.41 Å². The second kappa shape index (κ2) is 12.3. The lowest BCUT2D eigenvalue weighted by molar-refractivity contribution is -0.122. The first-order valence-corrected chi connectivity index (χ1v) is 11.3. The summed E-state index contributed by atoms with van der Waals surface area (Å²) in [7, 11) is 1.59. The first-order valence-electron chi connectivity index (χ1n) is 11.3. The van der Waals surface area contributed by atoms with Gasteiger partial charge in [0.1, 0.15) is 23.4 Å². The molecule has 5 N–H and O–H groups in total. The molecule has 0 fully saturated rings. The van der Waals surface area contributed by atoms with E-state index in [1.165, 1.54) is 0 Å². The quantitative estimate of drug-likeness (QED) is 0.179. The monoisotopic (exact) mass is 460 g/mol. The van der Waals surface area contributed by atoms with Crippen LogP contribution < -0.4 is 25.8 Å². The van der Waals surface area contributed by atoms with E-state index in [2.05, 4.69) is 17.6 Å². The molecule has 0 aliphatic rings. The fraction of sp³-hybridized carbons (Fsp3) is 0.259. The third-order valence-electron chi connectivity index (χ3n) is 5.32. The number of unbranched alkanes of at least 4 members (excludes halogenated alkanes) is 1. The molecule has 7 nitrogen and oxygen atoms in total. The van der Waals surface area contributed by atoms with E-state index in [1.807, 2.05) is 48.5 Å². The van der Waals surface area contributed by atoms with Crippen molar-refractivity contribution in [2.75, 3.05) is 19.0 Å². The topological polar surface area (TPSA) is 109 Å². The summed E-state index contributed by atoms with van der Waals surface area (Å²) in [5.41, 5.74) is 8.63. The van der Waals surface area contributed by atoms with Crippen molar-refractivity contribution < 1.29 is 14.3 Å². The molecular weight excluding hydrogens is 428 g/mol. The molecule has 0 heterocycles. The third-order valence-corrected chi connectivity index (χ3v) is 5.32. The average molecular weight is 461 g/mol. The first-order chi connectivity index (χ1) is 16.5. The van der Waals surface area contributed by atoms with Gasteiger partial charge < -0.3 is 25.8 Å². The van der Waals surface area contributed by atoms with Crippen LogP contribution in [0.1, 0.15) is 42.5 Å². The van der Waals surface area contributed by atoms with Gasteiger partial charge in [0, 0.05) is 23.9 Å². The molecule has 3 aromatic rings. The third kappa shape index (κ3) is 7.00. The number of amidine groups is 1. The Morgan fingerprint density at radius 3 is 2.38 bits per heavy atom. The summed E-state index contributed by atoms with van der Waals surface area (Å²) in [4.78, 5) is 13.4. The van der Waals surface area contributed by atoms with Gasteiger partial charge in [0.2, 0.25) is 5.91 Å². The normalized spacial score (nSPS) is 11.4. The van der Waals surface area contributed by atoms with E-state index in [-0.39, 0.29) is 11.7 Å². The van der Waals surface area contributed by atoms with E-state index in [9.17, 15) is 4.79 Å². The molecule has 1 amide bonds. The maximum atomic E-state index is 13.4. The van der Waals surface area contributed by atoms with E-state index >= 15 is 0 Å². The van der Waals surface area contributed by atoms with Gasteiger partial charge in [0.25, 0.3) is 0 Å². The molecule has 0 aliphatic heterocycles. The van der Waals surface area contributed by atoms with Crippen LogP contribution in [0.4, 0.5) is 5.69 Å². The Morgan fingerprint density at radius 1 is 1.03 bits per heavy atom. The molecule has 7 heteroatoms. The lowest BCUT2D eigenvalue weighted by Crippen LogP contribution is -2.33. The number of nitrogen functional groups attached to an aromatic ring is 1. The Kier molecular flexibility index (Phi) is 8.91. The molecule has 1 atom stereocenters. The lowest BCUT2D eigenvalue weighted by Gasteiger charge is -2.22. The average Bonchev–Trinajstić information content (AvgIpc) is 2.86. The van der Waals surface area contributed by atoms with Crippen LogP contribution in [0.25, 0.3) is 0 Å². The van der Waals surface area contributed by atoms with E-state index in [4.69, 9.17) is 20.6 Å². The molecule has 0 aliphatic carbocycles. The summed E-state index contributed by atoms with van der Waals surface area (Å²) in [6.45, 7) is 3.10. The molecular formula is C27H32N4O3. The van der Waals surface area contributed by atoms with Crippen LogP contribution in [0.5, 0.6) is 11.5 Å². The summed E-state index contributed by atoms with van der Waals surface area (Å²) in [6, 6.07) is 21.7. The van der Waals surface area contributed by atoms with Gasteiger partial charge in [0.05, 0.1) is 13.7 Å². The highest BCUT2D eigenvalue weighted by Crippen LogP contribution is 2.29. The Balaban J connectivity index is 1.88. The molecule has 34 heavy (non-hydrogen) atoms. The Bertz CT molecular complexity index is 1080. The number of anilines is 1. The molecule has 0 bridgehead atoms. The van der Waals surface area contributed by atoms with Crippen LogP contribution in [-0.4, -0.2) is 25.5 Å². The van der Waals surface area contributed by atoms with Gasteiger partial charge in [0.15, 0.2) is 0 Å². The zero-order valence-electron chi connectivity index (χ0n) is 19.6. The molecule has 3 rings (SSSR count). The molecule has 0 unspecified atom stereocenters. The number of amides is 1. The zero-order valence-corrected chi connectivity index (χ0v) is 19.6. The number of carbonyl (C=O) groups is 1. The number of methoxy groups -OCH3 is 1. The fourth-order valence-electron chi connectivity index (χ4n) is 3.40. The van der Waals surface area contributed by atoms with Gasteiger partial charge in [-0.25, -0.2) is 0 Å². The number of carbonyl (C=O) groups excluding carboxylic acids is 1. The Hall–Kier alpha value is -4.00. The van der Waals surface area contributed by atoms with E-state index in [0.717, 1.165) is 24.1 Å². The maximum Gasteiger partial charge on any atom is 0.247 e. The SMILES string of the molecule is CCCCOc1cc(OC)cc([C@@H](Nc2ccc(C(=N)N)cc2)C(=O)NCc2ccccc2)c1. The van der Waals surface area contributed by atoms with Crippen molar-refractivity contribution >= 4 is 17.4 Å². The highest BCUT2D eigenvalue weighted by molar-refractivity contribution is 5.95. The molecule has 0 saturated carbocycles. The second-order valence-electron chi connectivity index (χ2n) is 7.92. The van der Waals surface area contributed by atoms with Crippen LogP contribution in [0.15, 0.2) is 72.8 Å². The van der Waals surface area contributed by atoms with Crippen molar-refractivity contribution in [3.8, 4) is 11.5 Å². The minimum absolute atomic E-state index is 0.00892. The van der Waals surface area contributed by atoms with E-state index in [0.29, 0.717) is 35.8 Å². The Morgan fingerprint density at radius 2 is 1.74 bits per heavy atom. The second-order valence-corrected chi connectivity index (χ2v) is 7.92. The van der Waals surface area contributed by atoms with E-state index < -0.39 is 6.04 Å². The van der Waals surface area contributed by atoms with Crippen LogP contribution >= 0.6 is 0 Å². The highest BCUT2D eigenvalue weighted by atomic mass is 16.5. The van der Waals surface area contributed by atoms with Gasteiger partial charge >= 0.3 is 0 Å². The standard InChI is InChI=1S/C27H32N4O3/c1-3-4-14-34-24-16-21(15-23(17-24)33-2)25(27(32)30-18-19-8-6-5-7-9-19)31-22-12-10-20(11-13-22)26(28)29/h5-13,15-17,25,31H,3-4,14,18H2,1-2H3,(H3,28,29)(H,30,32)/t25-/m1/s1. The Labute approximate surface area is 200 Å². The van der Waals surface area contributed by atoms with Crippen molar-refractivity contribution in [3.63, 3.8) is 0 Å². The largest absolute Gasteiger partial charge is 0.497 e. The van der Waals surface area contributed by atoms with Gasteiger partial charge in [-0.3, -0.25) is 10.2 Å². The van der Waals surface area contributed by atoms with Crippen molar-refractivity contribution in [1.82, 2.24) is 5.32 Å². The summed E-state index contributed by atoms with van der Waals surface area (Å²) in [6.07, 6.45) is 1.97. The summed E-state index contributed by atoms with van der Waals surface area (Å²) >= 11 is 0. The zero-order chi connectivity index (χ0) is 24.3. The van der Waals surface area contributed by atoms with Gasteiger partial charge in [-0.15, -0.1) is 0 Å². The number of nitrogens with two attached hydrogens (primary N) is 1. The minimum atomic E-state index is -0.699. The predicted molar refractivity (Wildman–Crippen MR) is 136 cm³/mol. The number of benzene rings is 3. The van der Waals surface area contributed by atoms with Crippen LogP contribution in [-0.2, 0) is 11.3 Å². The molecule has 0 saturated heterocycles. The van der Waals surface area contributed by atoms with Gasteiger partial charge in [-0.05, 0) is 53.9 Å². The van der Waals surface area contributed by atoms with Gasteiger partial charge in [-0.2, -0.15) is 0 Å². The smallest absolute Gasteiger partial charge is 0.247 e. The molecule has 3 aromatic carbocycles. The van der Waals surface area contributed by atoms with Crippen molar-refractivity contribution in [3.05, 3.63) is 89.5 Å². The molecule has 0 aromatic heterocycles. The molecule has 178 valence electrons. The number of hydrogen-bond acceptors (Lipinski definition) is 5. The van der Waals surface area contributed by atoms with Crippen molar-refractivity contribution in [2.24, 2.45) is 5.73 Å². The number of ether oxygens (including phenoxy) is 2. The number of rotatable bonds is 12. The number of nitrogens with one attached hydrogen (secondary N) is 3. The summed E-state index contributed by atoms with van der Waals surface area (Å²) in [5.74, 6) is 1.06. The molecule has 0 radical (unpaired) electrons. The van der Waals surface area contributed by atoms with Gasteiger partial charge in [-0.1, -0.05) is 43.7 Å². The first kappa shape index (κ1) is 24.6. The van der Waals surface area contributed by atoms with Crippen LogP contribution in [0, 0.1) is 5.41 Å². The van der Waals surface area contributed by atoms with Crippen LogP contribution in [0.3, 0.4) is 0 Å². The number of hydrogen-bond donors (Lipinski definition) is 4. The maximum absolute atomic E-state index is 13.4. The minimum Gasteiger partial charge on any atom is -0.497 e. The summed E-state index contributed by atoms with van der Waals surface area (Å²) in [5, 5.41) is 13.9. The van der Waals surface area contributed by atoms with Crippen molar-refractivity contribution in [2.45, 2.75) is 32.4 Å². The predicted octanol–water partition coefficient (Wildman–Crippen LogP) is 4.63. The summed E-state index contributed by atoms with van der Waals surface area (Å²) < 4.78 is 11.4. The highest BCUT2D eigenvalue weighted by Gasteiger charge is 2.22. The van der Waals surface area contributed by atoms with Crippen LogP contribution in [0.2, 0.25) is 0 Å².